The number of hydrogen-bond acceptors (Lipinski definition) is 3. The van der Waals surface area contributed by atoms with Gasteiger partial charge in [-0.3, -0.25) is 16.0 Å². The highest BCUT2D eigenvalue weighted by Crippen LogP contribution is 2.23. The van der Waals surface area contributed by atoms with Gasteiger partial charge in [0.1, 0.15) is 0 Å². The van der Waals surface area contributed by atoms with Crippen LogP contribution in [-0.2, 0) is 13.5 Å². The number of hydrazine groups is 1. The number of hydrogen-bond donors (Lipinski definition) is 2. The molecule has 1 unspecified atom stereocenters. The van der Waals surface area contributed by atoms with Crippen molar-refractivity contribution in [1.82, 2.24) is 15.2 Å². The Morgan fingerprint density at radius 1 is 1.10 bits per heavy atom. The molecule has 1 aromatic rings. The van der Waals surface area contributed by atoms with Gasteiger partial charge in [0.05, 0.1) is 5.69 Å². The topological polar surface area (TPSA) is 55.9 Å². The molecule has 0 aliphatic rings. The SMILES string of the molecule is CCCCCCCCCCC(NN)c1cn(C)nc1CC. The summed E-state index contributed by atoms with van der Waals surface area (Å²) in [5.41, 5.74) is 5.41. The largest absolute Gasteiger partial charge is 0.275 e. The molecule has 21 heavy (non-hydrogen) atoms. The van der Waals surface area contributed by atoms with Crippen molar-refractivity contribution in [2.45, 2.75) is 84.1 Å². The highest BCUT2D eigenvalue weighted by Gasteiger charge is 2.16. The van der Waals surface area contributed by atoms with Crippen LogP contribution >= 0.6 is 0 Å². The maximum atomic E-state index is 5.75. The Labute approximate surface area is 130 Å². The second-order valence-corrected chi connectivity index (χ2v) is 6.04. The van der Waals surface area contributed by atoms with Gasteiger partial charge in [0.25, 0.3) is 0 Å². The summed E-state index contributed by atoms with van der Waals surface area (Å²) >= 11 is 0. The fraction of sp³-hybridized carbons (Fsp3) is 0.824. The molecule has 1 aromatic heterocycles. The zero-order chi connectivity index (χ0) is 15.5. The van der Waals surface area contributed by atoms with Gasteiger partial charge in [-0.15, -0.1) is 0 Å². The van der Waals surface area contributed by atoms with Crippen LogP contribution in [-0.4, -0.2) is 9.78 Å². The van der Waals surface area contributed by atoms with Gasteiger partial charge < -0.3 is 0 Å². The average molecular weight is 294 g/mol. The van der Waals surface area contributed by atoms with Crippen LogP contribution in [0, 0.1) is 0 Å². The first-order valence-electron chi connectivity index (χ1n) is 8.71. The van der Waals surface area contributed by atoms with Gasteiger partial charge >= 0.3 is 0 Å². The van der Waals surface area contributed by atoms with Crippen LogP contribution in [0.1, 0.15) is 88.9 Å². The summed E-state index contributed by atoms with van der Waals surface area (Å²) in [5, 5.41) is 4.51. The summed E-state index contributed by atoms with van der Waals surface area (Å²) in [6, 6.07) is 0.244. The van der Waals surface area contributed by atoms with Crippen molar-refractivity contribution in [2.24, 2.45) is 12.9 Å². The first kappa shape index (κ1) is 18.2. The lowest BCUT2D eigenvalue weighted by atomic mass is 9.99. The predicted molar refractivity (Wildman–Crippen MR) is 89.9 cm³/mol. The molecule has 4 nitrogen and oxygen atoms in total. The molecule has 0 radical (unpaired) electrons. The Balaban J connectivity index is 2.25. The summed E-state index contributed by atoms with van der Waals surface area (Å²) in [6.45, 7) is 4.42. The van der Waals surface area contributed by atoms with Crippen molar-refractivity contribution in [1.29, 1.82) is 0 Å². The monoisotopic (exact) mass is 294 g/mol. The molecule has 1 atom stereocenters. The Morgan fingerprint density at radius 3 is 2.29 bits per heavy atom. The molecule has 3 N–H and O–H groups in total. The zero-order valence-corrected chi connectivity index (χ0v) is 14.2. The fourth-order valence-electron chi connectivity index (χ4n) is 2.93. The highest BCUT2D eigenvalue weighted by molar-refractivity contribution is 5.21. The number of nitrogens with two attached hydrogens (primary N) is 1. The van der Waals surface area contributed by atoms with E-state index in [0.29, 0.717) is 0 Å². The lowest BCUT2D eigenvalue weighted by Gasteiger charge is -2.15. The number of nitrogens with one attached hydrogen (secondary N) is 1. The maximum Gasteiger partial charge on any atom is 0.0670 e. The molecule has 0 fully saturated rings. The second kappa shape index (κ2) is 10.8. The van der Waals surface area contributed by atoms with Crippen LogP contribution < -0.4 is 11.3 Å². The normalized spacial score (nSPS) is 12.8. The third-order valence-corrected chi connectivity index (χ3v) is 4.20. The minimum atomic E-state index is 0.244. The molecule has 0 spiro atoms. The predicted octanol–water partition coefficient (Wildman–Crippen LogP) is 4.02. The van der Waals surface area contributed by atoms with E-state index in [9.17, 15) is 0 Å². The van der Waals surface area contributed by atoms with Crippen molar-refractivity contribution < 1.29 is 0 Å². The molecular formula is C17H34N4. The Kier molecular flexibility index (Phi) is 9.35. The summed E-state index contributed by atoms with van der Waals surface area (Å²) in [4.78, 5) is 0. The Hall–Kier alpha value is -0.870. The minimum absolute atomic E-state index is 0.244. The molecule has 4 heteroatoms. The molecule has 0 aliphatic heterocycles. The van der Waals surface area contributed by atoms with Gasteiger partial charge in [-0.25, -0.2) is 0 Å². The van der Waals surface area contributed by atoms with E-state index in [1.54, 1.807) is 0 Å². The molecule has 0 aromatic carbocycles. The maximum absolute atomic E-state index is 5.75. The average Bonchev–Trinajstić information content (AvgIpc) is 2.86. The fourth-order valence-corrected chi connectivity index (χ4v) is 2.93. The molecule has 0 bridgehead atoms. The smallest absolute Gasteiger partial charge is 0.0670 e. The van der Waals surface area contributed by atoms with E-state index in [1.165, 1.54) is 62.6 Å². The first-order valence-corrected chi connectivity index (χ1v) is 8.71. The molecular weight excluding hydrogens is 260 g/mol. The molecule has 0 aliphatic carbocycles. The molecule has 1 rings (SSSR count). The zero-order valence-electron chi connectivity index (χ0n) is 14.2. The van der Waals surface area contributed by atoms with E-state index < -0.39 is 0 Å². The van der Waals surface area contributed by atoms with Gasteiger partial charge in [-0.2, -0.15) is 5.10 Å². The summed E-state index contributed by atoms with van der Waals surface area (Å²) < 4.78 is 1.90. The molecule has 0 saturated carbocycles. The van der Waals surface area contributed by atoms with E-state index in [1.807, 2.05) is 11.7 Å². The van der Waals surface area contributed by atoms with Gasteiger partial charge in [-0.1, -0.05) is 65.2 Å². The van der Waals surface area contributed by atoms with E-state index >= 15 is 0 Å². The number of aryl methyl sites for hydroxylation is 2. The van der Waals surface area contributed by atoms with Crippen LogP contribution in [0.15, 0.2) is 6.20 Å². The molecule has 122 valence electrons. The molecule has 0 saturated heterocycles. The minimum Gasteiger partial charge on any atom is -0.275 e. The third kappa shape index (κ3) is 6.62. The van der Waals surface area contributed by atoms with Gasteiger partial charge in [-0.05, 0) is 12.8 Å². The van der Waals surface area contributed by atoms with Gasteiger partial charge in [0, 0.05) is 24.8 Å². The van der Waals surface area contributed by atoms with Crippen LogP contribution in [0.4, 0.5) is 0 Å². The first-order chi connectivity index (χ1) is 10.2. The molecule has 1 heterocycles. The van der Waals surface area contributed by atoms with Crippen LogP contribution in [0.25, 0.3) is 0 Å². The molecule has 0 amide bonds. The lowest BCUT2D eigenvalue weighted by molar-refractivity contribution is 0.472. The van der Waals surface area contributed by atoms with Crippen molar-refractivity contribution in [2.75, 3.05) is 0 Å². The standard InChI is InChI=1S/C17H34N4/c1-4-6-7-8-9-10-11-12-13-17(19-18)15-14-21(3)20-16(15)5-2/h14,17,19H,4-13,18H2,1-3H3. The van der Waals surface area contributed by atoms with Crippen LogP contribution in [0.2, 0.25) is 0 Å². The van der Waals surface area contributed by atoms with Crippen molar-refractivity contribution >= 4 is 0 Å². The third-order valence-electron chi connectivity index (χ3n) is 4.20. The van der Waals surface area contributed by atoms with Crippen molar-refractivity contribution in [3.63, 3.8) is 0 Å². The quantitative estimate of drug-likeness (QED) is 0.348. The van der Waals surface area contributed by atoms with E-state index in [4.69, 9.17) is 5.84 Å². The second-order valence-electron chi connectivity index (χ2n) is 6.04. The van der Waals surface area contributed by atoms with E-state index in [2.05, 4.69) is 30.6 Å². The number of rotatable bonds is 12. The summed E-state index contributed by atoms with van der Waals surface area (Å²) in [6.07, 6.45) is 15.0. The van der Waals surface area contributed by atoms with Gasteiger partial charge in [0.15, 0.2) is 0 Å². The highest BCUT2D eigenvalue weighted by atomic mass is 15.3. The van der Waals surface area contributed by atoms with Crippen LogP contribution in [0.5, 0.6) is 0 Å². The van der Waals surface area contributed by atoms with Crippen molar-refractivity contribution in [3.05, 3.63) is 17.5 Å². The Morgan fingerprint density at radius 2 is 1.71 bits per heavy atom. The number of unbranched alkanes of at least 4 members (excludes halogenated alkanes) is 7. The lowest BCUT2D eigenvalue weighted by Crippen LogP contribution is -2.28. The van der Waals surface area contributed by atoms with E-state index in [-0.39, 0.29) is 6.04 Å². The summed E-state index contributed by atoms with van der Waals surface area (Å²) in [7, 11) is 1.98. The van der Waals surface area contributed by atoms with Crippen molar-refractivity contribution in [3.8, 4) is 0 Å². The summed E-state index contributed by atoms with van der Waals surface area (Å²) in [5.74, 6) is 5.75. The van der Waals surface area contributed by atoms with Gasteiger partial charge in [0.2, 0.25) is 0 Å². The Bertz CT molecular complexity index is 373. The number of nitrogens with zero attached hydrogens (tertiary/aromatic N) is 2. The van der Waals surface area contributed by atoms with Crippen LogP contribution in [0.3, 0.4) is 0 Å². The number of aromatic nitrogens is 2. The van der Waals surface area contributed by atoms with E-state index in [0.717, 1.165) is 12.8 Å².